The predicted octanol–water partition coefficient (Wildman–Crippen LogP) is 5.20. The molecule has 0 heterocycles. The van der Waals surface area contributed by atoms with Crippen LogP contribution in [0.1, 0.15) is 29.7 Å². The third-order valence-electron chi connectivity index (χ3n) is 3.23. The van der Waals surface area contributed by atoms with Crippen molar-refractivity contribution in [1.82, 2.24) is 5.32 Å². The number of hydrogen-bond donors (Lipinski definition) is 1. The SMILES string of the molecule is CCNC(c1cc(F)ccc1C)c1cc(I)ccc1Br. The Morgan fingerprint density at radius 1 is 1.20 bits per heavy atom. The number of aryl methyl sites for hydroxylation is 1. The largest absolute Gasteiger partial charge is 0.306 e. The van der Waals surface area contributed by atoms with Crippen molar-refractivity contribution in [1.29, 1.82) is 0 Å². The highest BCUT2D eigenvalue weighted by atomic mass is 127. The molecule has 1 N–H and O–H groups in total. The summed E-state index contributed by atoms with van der Waals surface area (Å²) in [6, 6.07) is 11.2. The Labute approximate surface area is 141 Å². The van der Waals surface area contributed by atoms with Gasteiger partial charge >= 0.3 is 0 Å². The molecule has 2 aromatic rings. The van der Waals surface area contributed by atoms with Crippen LogP contribution in [0.15, 0.2) is 40.9 Å². The molecule has 4 heteroatoms. The molecule has 0 radical (unpaired) electrons. The number of rotatable bonds is 4. The summed E-state index contributed by atoms with van der Waals surface area (Å²) in [7, 11) is 0. The molecule has 2 rings (SSSR count). The molecule has 0 saturated carbocycles. The fourth-order valence-electron chi connectivity index (χ4n) is 2.25. The first-order valence-corrected chi connectivity index (χ1v) is 8.34. The zero-order chi connectivity index (χ0) is 14.7. The molecule has 0 aromatic heterocycles. The highest BCUT2D eigenvalue weighted by Crippen LogP contribution is 2.32. The molecule has 0 fully saturated rings. The number of benzene rings is 2. The molecule has 1 unspecified atom stereocenters. The summed E-state index contributed by atoms with van der Waals surface area (Å²) in [5.74, 6) is -0.199. The van der Waals surface area contributed by atoms with Gasteiger partial charge in [0.05, 0.1) is 6.04 Å². The Balaban J connectivity index is 2.55. The molecular weight excluding hydrogens is 432 g/mol. The molecule has 0 aliphatic carbocycles. The highest BCUT2D eigenvalue weighted by molar-refractivity contribution is 14.1. The van der Waals surface area contributed by atoms with E-state index in [2.05, 4.69) is 62.9 Å². The van der Waals surface area contributed by atoms with Crippen molar-refractivity contribution in [2.75, 3.05) is 6.54 Å². The lowest BCUT2D eigenvalue weighted by Crippen LogP contribution is -2.23. The Morgan fingerprint density at radius 2 is 1.95 bits per heavy atom. The first-order valence-electron chi connectivity index (χ1n) is 6.47. The van der Waals surface area contributed by atoms with Crippen LogP contribution in [0, 0.1) is 16.3 Å². The fourth-order valence-corrected chi connectivity index (χ4v) is 3.24. The van der Waals surface area contributed by atoms with E-state index in [0.29, 0.717) is 0 Å². The van der Waals surface area contributed by atoms with E-state index in [4.69, 9.17) is 0 Å². The van der Waals surface area contributed by atoms with E-state index in [-0.39, 0.29) is 11.9 Å². The Hall–Kier alpha value is -0.460. The van der Waals surface area contributed by atoms with Gasteiger partial charge in [-0.1, -0.05) is 28.9 Å². The van der Waals surface area contributed by atoms with Crippen molar-refractivity contribution in [3.63, 3.8) is 0 Å². The van der Waals surface area contributed by atoms with Gasteiger partial charge in [0.2, 0.25) is 0 Å². The molecule has 0 amide bonds. The lowest BCUT2D eigenvalue weighted by atomic mass is 9.95. The second-order valence-electron chi connectivity index (χ2n) is 4.66. The first kappa shape index (κ1) is 15.9. The van der Waals surface area contributed by atoms with Crippen LogP contribution in [0.2, 0.25) is 0 Å². The van der Waals surface area contributed by atoms with Gasteiger partial charge in [-0.2, -0.15) is 0 Å². The molecule has 0 aliphatic rings. The van der Waals surface area contributed by atoms with Gasteiger partial charge in [0, 0.05) is 8.04 Å². The van der Waals surface area contributed by atoms with Crippen molar-refractivity contribution < 1.29 is 4.39 Å². The second-order valence-corrected chi connectivity index (χ2v) is 6.76. The van der Waals surface area contributed by atoms with Crippen LogP contribution in [-0.2, 0) is 0 Å². The van der Waals surface area contributed by atoms with Crippen LogP contribution in [0.4, 0.5) is 4.39 Å². The Kier molecular flexibility index (Phi) is 5.57. The zero-order valence-corrected chi connectivity index (χ0v) is 15.1. The van der Waals surface area contributed by atoms with Gasteiger partial charge in [0.25, 0.3) is 0 Å². The van der Waals surface area contributed by atoms with Crippen LogP contribution in [0.5, 0.6) is 0 Å². The molecule has 0 bridgehead atoms. The minimum absolute atomic E-state index is 0.0141. The minimum atomic E-state index is -0.199. The van der Waals surface area contributed by atoms with Gasteiger partial charge in [0.1, 0.15) is 5.82 Å². The normalized spacial score (nSPS) is 12.4. The zero-order valence-electron chi connectivity index (χ0n) is 11.4. The quantitative estimate of drug-likeness (QED) is 0.635. The summed E-state index contributed by atoms with van der Waals surface area (Å²) in [5, 5.41) is 3.45. The molecule has 2 aromatic carbocycles. The van der Waals surface area contributed by atoms with E-state index in [9.17, 15) is 4.39 Å². The number of halogens is 3. The molecule has 0 aliphatic heterocycles. The third-order valence-corrected chi connectivity index (χ3v) is 4.62. The molecule has 1 nitrogen and oxygen atoms in total. The Morgan fingerprint density at radius 3 is 2.65 bits per heavy atom. The number of hydrogen-bond acceptors (Lipinski definition) is 1. The molecule has 0 spiro atoms. The lowest BCUT2D eigenvalue weighted by molar-refractivity contribution is 0.599. The van der Waals surface area contributed by atoms with Crippen molar-refractivity contribution in [2.45, 2.75) is 19.9 Å². The van der Waals surface area contributed by atoms with Crippen LogP contribution in [0.25, 0.3) is 0 Å². The van der Waals surface area contributed by atoms with Gasteiger partial charge in [-0.3, -0.25) is 0 Å². The van der Waals surface area contributed by atoms with Crippen LogP contribution in [-0.4, -0.2) is 6.54 Å². The summed E-state index contributed by atoms with van der Waals surface area (Å²) < 4.78 is 15.8. The lowest BCUT2D eigenvalue weighted by Gasteiger charge is -2.22. The van der Waals surface area contributed by atoms with Gasteiger partial charge in [-0.05, 0) is 83.1 Å². The molecule has 20 heavy (non-hydrogen) atoms. The van der Waals surface area contributed by atoms with E-state index in [1.165, 1.54) is 6.07 Å². The van der Waals surface area contributed by atoms with Crippen LogP contribution >= 0.6 is 38.5 Å². The summed E-state index contributed by atoms with van der Waals surface area (Å²) in [6.45, 7) is 4.89. The summed E-state index contributed by atoms with van der Waals surface area (Å²) in [5.41, 5.74) is 3.20. The maximum absolute atomic E-state index is 13.6. The standard InChI is InChI=1S/C16H16BrFIN/c1-3-20-16(13-8-11(18)5-4-10(13)2)14-9-12(19)6-7-15(14)17/h4-9,16,20H,3H2,1-2H3. The summed E-state index contributed by atoms with van der Waals surface area (Å²) in [6.07, 6.45) is 0. The molecule has 0 saturated heterocycles. The van der Waals surface area contributed by atoms with E-state index < -0.39 is 0 Å². The van der Waals surface area contributed by atoms with Crippen molar-refractivity contribution in [2.24, 2.45) is 0 Å². The van der Waals surface area contributed by atoms with Crippen molar-refractivity contribution in [3.05, 3.63) is 66.9 Å². The molecule has 1 atom stereocenters. The van der Waals surface area contributed by atoms with E-state index >= 15 is 0 Å². The minimum Gasteiger partial charge on any atom is -0.306 e. The van der Waals surface area contributed by atoms with Gasteiger partial charge in [-0.15, -0.1) is 0 Å². The maximum Gasteiger partial charge on any atom is 0.123 e. The average molecular weight is 448 g/mol. The van der Waals surface area contributed by atoms with Gasteiger partial charge < -0.3 is 5.32 Å². The van der Waals surface area contributed by atoms with E-state index in [1.54, 1.807) is 6.07 Å². The fraction of sp³-hybridized carbons (Fsp3) is 0.250. The monoisotopic (exact) mass is 447 g/mol. The van der Waals surface area contributed by atoms with E-state index in [0.717, 1.165) is 31.3 Å². The maximum atomic E-state index is 13.6. The average Bonchev–Trinajstić information content (AvgIpc) is 2.42. The smallest absolute Gasteiger partial charge is 0.123 e. The second kappa shape index (κ2) is 7.00. The topological polar surface area (TPSA) is 12.0 Å². The third kappa shape index (κ3) is 3.59. The van der Waals surface area contributed by atoms with Crippen molar-refractivity contribution in [3.8, 4) is 0 Å². The number of nitrogens with one attached hydrogen (secondary N) is 1. The van der Waals surface area contributed by atoms with Crippen molar-refractivity contribution >= 4 is 38.5 Å². The van der Waals surface area contributed by atoms with Gasteiger partial charge in [0.15, 0.2) is 0 Å². The molecular formula is C16H16BrFIN. The highest BCUT2D eigenvalue weighted by Gasteiger charge is 2.18. The Bertz CT molecular complexity index is 564. The summed E-state index contributed by atoms with van der Waals surface area (Å²) >= 11 is 5.90. The van der Waals surface area contributed by atoms with Crippen LogP contribution in [0.3, 0.4) is 0 Å². The predicted molar refractivity (Wildman–Crippen MR) is 93.5 cm³/mol. The van der Waals surface area contributed by atoms with Gasteiger partial charge in [-0.25, -0.2) is 4.39 Å². The first-order chi connectivity index (χ1) is 9.52. The molecule has 106 valence electrons. The summed E-state index contributed by atoms with van der Waals surface area (Å²) in [4.78, 5) is 0. The van der Waals surface area contributed by atoms with Crippen LogP contribution < -0.4 is 5.32 Å². The van der Waals surface area contributed by atoms with E-state index in [1.807, 2.05) is 19.1 Å².